The van der Waals surface area contributed by atoms with Gasteiger partial charge in [0.25, 0.3) is 0 Å². The van der Waals surface area contributed by atoms with Crippen molar-refractivity contribution < 1.29 is 17.6 Å². The van der Waals surface area contributed by atoms with Gasteiger partial charge >= 0.3 is 6.18 Å². The summed E-state index contributed by atoms with van der Waals surface area (Å²) in [7, 11) is 0. The van der Waals surface area contributed by atoms with E-state index in [-0.39, 0.29) is 17.1 Å². The molecule has 0 saturated heterocycles. The first-order chi connectivity index (χ1) is 9.75. The Hall–Kier alpha value is -1.75. The van der Waals surface area contributed by atoms with Crippen molar-refractivity contribution in [3.05, 3.63) is 63.9 Å². The molecule has 2 aromatic carbocycles. The van der Waals surface area contributed by atoms with Gasteiger partial charge in [0.05, 0.1) is 5.56 Å². The number of nitrogens with one attached hydrogen (secondary N) is 1. The quantitative estimate of drug-likeness (QED) is 0.745. The van der Waals surface area contributed by atoms with E-state index in [1.165, 1.54) is 25.1 Å². The van der Waals surface area contributed by atoms with Crippen molar-refractivity contribution in [1.29, 1.82) is 0 Å². The molecule has 0 bridgehead atoms. The average Bonchev–Trinajstić information content (AvgIpc) is 2.35. The van der Waals surface area contributed by atoms with Gasteiger partial charge in [-0.3, -0.25) is 0 Å². The summed E-state index contributed by atoms with van der Waals surface area (Å²) in [4.78, 5) is 0. The first-order valence-corrected chi connectivity index (χ1v) is 6.50. The van der Waals surface area contributed by atoms with Crippen LogP contribution in [-0.2, 0) is 12.7 Å². The lowest BCUT2D eigenvalue weighted by Crippen LogP contribution is -2.09. The smallest absolute Gasteiger partial charge is 0.381 e. The maximum absolute atomic E-state index is 13.2. The second-order valence-corrected chi connectivity index (χ2v) is 5.10. The minimum absolute atomic E-state index is 0.154. The molecule has 0 aliphatic rings. The van der Waals surface area contributed by atoms with E-state index >= 15 is 0 Å². The lowest BCUT2D eigenvalue weighted by Gasteiger charge is -2.13. The van der Waals surface area contributed by atoms with Crippen molar-refractivity contribution in [2.45, 2.75) is 19.6 Å². The summed E-state index contributed by atoms with van der Waals surface area (Å²) < 4.78 is 51.6. The third kappa shape index (κ3) is 4.11. The molecule has 21 heavy (non-hydrogen) atoms. The van der Waals surface area contributed by atoms with Crippen LogP contribution in [0.15, 0.2) is 36.4 Å². The summed E-state index contributed by atoms with van der Waals surface area (Å²) in [6.07, 6.45) is -4.40. The number of halogens is 5. The highest BCUT2D eigenvalue weighted by atomic mass is 35.5. The number of rotatable bonds is 3. The molecule has 0 radical (unpaired) electrons. The molecule has 0 aliphatic heterocycles. The van der Waals surface area contributed by atoms with Crippen LogP contribution in [0.1, 0.15) is 16.7 Å². The Bertz CT molecular complexity index is 632. The number of hydrogen-bond donors (Lipinski definition) is 1. The van der Waals surface area contributed by atoms with Crippen LogP contribution >= 0.6 is 11.6 Å². The Morgan fingerprint density at radius 1 is 1.10 bits per heavy atom. The second kappa shape index (κ2) is 5.93. The number of benzene rings is 2. The van der Waals surface area contributed by atoms with Crippen LogP contribution in [0.2, 0.25) is 5.02 Å². The molecule has 2 rings (SSSR count). The molecule has 0 atom stereocenters. The molecule has 0 unspecified atom stereocenters. The minimum Gasteiger partial charge on any atom is -0.381 e. The van der Waals surface area contributed by atoms with Gasteiger partial charge in [-0.25, -0.2) is 4.39 Å². The first kappa shape index (κ1) is 15.6. The molecule has 0 heterocycles. The minimum atomic E-state index is -4.40. The maximum Gasteiger partial charge on any atom is 0.416 e. The molecule has 0 aliphatic carbocycles. The standard InChI is InChI=1S/C15H12ClF4N/c1-9-2-3-13(7-14(9)15(18,19)20)21-8-10-4-11(16)6-12(17)5-10/h2-7,21H,8H2,1H3. The third-order valence-corrected chi connectivity index (χ3v) is 3.18. The highest BCUT2D eigenvalue weighted by Crippen LogP contribution is 2.33. The Labute approximate surface area is 124 Å². The predicted molar refractivity (Wildman–Crippen MR) is 74.9 cm³/mol. The molecule has 0 fully saturated rings. The Morgan fingerprint density at radius 2 is 1.81 bits per heavy atom. The van der Waals surface area contributed by atoms with Gasteiger partial charge < -0.3 is 5.32 Å². The van der Waals surface area contributed by atoms with Crippen LogP contribution in [0.3, 0.4) is 0 Å². The molecule has 0 aromatic heterocycles. The van der Waals surface area contributed by atoms with Gasteiger partial charge in [-0.05, 0) is 48.4 Å². The van der Waals surface area contributed by atoms with Gasteiger partial charge in [-0.2, -0.15) is 13.2 Å². The molecule has 6 heteroatoms. The SMILES string of the molecule is Cc1ccc(NCc2cc(F)cc(Cl)c2)cc1C(F)(F)F. The molecule has 112 valence electrons. The monoisotopic (exact) mass is 317 g/mol. The zero-order valence-corrected chi connectivity index (χ0v) is 11.8. The van der Waals surface area contributed by atoms with Gasteiger partial charge in [0, 0.05) is 17.3 Å². The largest absolute Gasteiger partial charge is 0.416 e. The fourth-order valence-corrected chi connectivity index (χ4v) is 2.20. The van der Waals surface area contributed by atoms with Crippen LogP contribution in [0.4, 0.5) is 23.2 Å². The normalized spacial score (nSPS) is 11.5. The van der Waals surface area contributed by atoms with E-state index in [0.717, 1.165) is 6.07 Å². The number of aryl methyl sites for hydroxylation is 1. The molecule has 1 nitrogen and oxygen atoms in total. The first-order valence-electron chi connectivity index (χ1n) is 6.12. The van der Waals surface area contributed by atoms with E-state index in [9.17, 15) is 17.6 Å². The number of alkyl halides is 3. The van der Waals surface area contributed by atoms with Crippen LogP contribution in [0.5, 0.6) is 0 Å². The fourth-order valence-electron chi connectivity index (χ4n) is 1.95. The van der Waals surface area contributed by atoms with E-state index in [4.69, 9.17) is 11.6 Å². The Balaban J connectivity index is 2.17. The maximum atomic E-state index is 13.2. The molecule has 1 N–H and O–H groups in total. The molecule has 0 saturated carbocycles. The summed E-state index contributed by atoms with van der Waals surface area (Å²) in [6.45, 7) is 1.58. The van der Waals surface area contributed by atoms with Crippen LogP contribution in [-0.4, -0.2) is 0 Å². The average molecular weight is 318 g/mol. The van der Waals surface area contributed by atoms with Crippen molar-refractivity contribution in [2.24, 2.45) is 0 Å². The van der Waals surface area contributed by atoms with Gasteiger partial charge in [-0.1, -0.05) is 17.7 Å². The fraction of sp³-hybridized carbons (Fsp3) is 0.200. The van der Waals surface area contributed by atoms with Crippen molar-refractivity contribution in [1.82, 2.24) is 0 Å². The Kier molecular flexibility index (Phi) is 4.42. The lowest BCUT2D eigenvalue weighted by atomic mass is 10.1. The highest BCUT2D eigenvalue weighted by Gasteiger charge is 2.32. The summed E-state index contributed by atoms with van der Waals surface area (Å²) in [6, 6.07) is 7.97. The van der Waals surface area contributed by atoms with Gasteiger partial charge in [0.2, 0.25) is 0 Å². The topological polar surface area (TPSA) is 12.0 Å². The Morgan fingerprint density at radius 3 is 2.43 bits per heavy atom. The van der Waals surface area contributed by atoms with E-state index < -0.39 is 17.6 Å². The van der Waals surface area contributed by atoms with Crippen LogP contribution in [0.25, 0.3) is 0 Å². The lowest BCUT2D eigenvalue weighted by molar-refractivity contribution is -0.138. The van der Waals surface area contributed by atoms with E-state index in [1.807, 2.05) is 0 Å². The molecule has 0 spiro atoms. The molecular formula is C15H12ClF4N. The van der Waals surface area contributed by atoms with Gasteiger partial charge in [0.15, 0.2) is 0 Å². The molecule has 2 aromatic rings. The highest BCUT2D eigenvalue weighted by molar-refractivity contribution is 6.30. The van der Waals surface area contributed by atoms with E-state index in [1.54, 1.807) is 12.1 Å². The zero-order chi connectivity index (χ0) is 15.6. The summed E-state index contributed by atoms with van der Waals surface area (Å²) in [5.41, 5.74) is 0.328. The second-order valence-electron chi connectivity index (χ2n) is 4.66. The van der Waals surface area contributed by atoms with Crippen LogP contribution < -0.4 is 5.32 Å². The number of hydrogen-bond acceptors (Lipinski definition) is 1. The third-order valence-electron chi connectivity index (χ3n) is 2.96. The van der Waals surface area contributed by atoms with Gasteiger partial charge in [-0.15, -0.1) is 0 Å². The number of anilines is 1. The summed E-state index contributed by atoms with van der Waals surface area (Å²) in [5.74, 6) is -0.487. The van der Waals surface area contributed by atoms with Crippen molar-refractivity contribution in [3.63, 3.8) is 0 Å². The van der Waals surface area contributed by atoms with Crippen molar-refractivity contribution >= 4 is 17.3 Å². The van der Waals surface area contributed by atoms with Gasteiger partial charge in [0.1, 0.15) is 5.82 Å². The van der Waals surface area contributed by atoms with E-state index in [0.29, 0.717) is 11.3 Å². The summed E-state index contributed by atoms with van der Waals surface area (Å²) in [5, 5.41) is 3.07. The predicted octanol–water partition coefficient (Wildman–Crippen LogP) is 5.42. The summed E-state index contributed by atoms with van der Waals surface area (Å²) >= 11 is 5.72. The van der Waals surface area contributed by atoms with Crippen molar-refractivity contribution in [2.75, 3.05) is 5.32 Å². The van der Waals surface area contributed by atoms with Crippen LogP contribution in [0, 0.1) is 12.7 Å². The zero-order valence-electron chi connectivity index (χ0n) is 11.1. The van der Waals surface area contributed by atoms with E-state index in [2.05, 4.69) is 5.32 Å². The molecular weight excluding hydrogens is 306 g/mol. The van der Waals surface area contributed by atoms with Crippen molar-refractivity contribution in [3.8, 4) is 0 Å². The molecule has 0 amide bonds.